The fourth-order valence-electron chi connectivity index (χ4n) is 2.22. The zero-order chi connectivity index (χ0) is 16.1. The first-order chi connectivity index (χ1) is 11.2. The van der Waals surface area contributed by atoms with E-state index in [0.717, 1.165) is 11.1 Å². The Balaban J connectivity index is 1.64. The number of rotatable bonds is 5. The monoisotopic (exact) mass is 307 g/mol. The van der Waals surface area contributed by atoms with Crippen LogP contribution in [-0.2, 0) is 13.1 Å². The van der Waals surface area contributed by atoms with Crippen LogP contribution < -0.4 is 5.32 Å². The third kappa shape index (κ3) is 3.71. The molecule has 0 atom stereocenters. The summed E-state index contributed by atoms with van der Waals surface area (Å²) in [7, 11) is 0. The highest BCUT2D eigenvalue weighted by Gasteiger charge is 2.03. The van der Waals surface area contributed by atoms with Crippen molar-refractivity contribution in [2.45, 2.75) is 13.1 Å². The molecular weight excluding hydrogens is 293 g/mol. The van der Waals surface area contributed by atoms with Crippen LogP contribution in [0.4, 0.5) is 10.1 Å². The number of nitrogens with one attached hydrogen (secondary N) is 1. The van der Waals surface area contributed by atoms with Gasteiger partial charge in [-0.05, 0) is 29.3 Å². The van der Waals surface area contributed by atoms with E-state index >= 15 is 0 Å². The molecule has 114 valence electrons. The maximum absolute atomic E-state index is 13.1. The zero-order valence-electron chi connectivity index (χ0n) is 12.3. The van der Waals surface area contributed by atoms with Gasteiger partial charge in [0.25, 0.3) is 0 Å². The van der Waals surface area contributed by atoms with Crippen molar-refractivity contribution in [1.82, 2.24) is 14.8 Å². The van der Waals surface area contributed by atoms with Gasteiger partial charge in [0, 0.05) is 6.54 Å². The zero-order valence-corrected chi connectivity index (χ0v) is 12.3. The summed E-state index contributed by atoms with van der Waals surface area (Å²) in [6, 6.07) is 14.2. The molecule has 0 aliphatic carbocycles. The molecule has 1 heterocycles. The van der Waals surface area contributed by atoms with Crippen molar-refractivity contribution in [1.29, 1.82) is 5.26 Å². The molecule has 0 saturated carbocycles. The molecule has 5 nitrogen and oxygen atoms in total. The lowest BCUT2D eigenvalue weighted by Gasteiger charge is -2.09. The Hall–Kier alpha value is -3.20. The van der Waals surface area contributed by atoms with Crippen LogP contribution in [0, 0.1) is 17.1 Å². The van der Waals surface area contributed by atoms with E-state index in [1.165, 1.54) is 18.5 Å². The van der Waals surface area contributed by atoms with Crippen molar-refractivity contribution < 1.29 is 4.39 Å². The van der Waals surface area contributed by atoms with E-state index in [1.807, 2.05) is 30.3 Å². The van der Waals surface area contributed by atoms with Gasteiger partial charge in [0.15, 0.2) is 0 Å². The molecule has 0 spiro atoms. The first-order valence-corrected chi connectivity index (χ1v) is 7.08. The van der Waals surface area contributed by atoms with E-state index in [1.54, 1.807) is 17.1 Å². The number of nitriles is 1. The summed E-state index contributed by atoms with van der Waals surface area (Å²) in [5, 5.41) is 16.3. The average Bonchev–Trinajstić information content (AvgIpc) is 3.08. The van der Waals surface area contributed by atoms with Crippen LogP contribution in [0.25, 0.3) is 0 Å². The molecule has 1 aromatic heterocycles. The topological polar surface area (TPSA) is 66.5 Å². The molecule has 0 amide bonds. The summed E-state index contributed by atoms with van der Waals surface area (Å²) in [6.45, 7) is 1.23. The fourth-order valence-corrected chi connectivity index (χ4v) is 2.22. The molecule has 0 fully saturated rings. The van der Waals surface area contributed by atoms with Crippen LogP contribution in [0.3, 0.4) is 0 Å². The Morgan fingerprint density at radius 3 is 2.61 bits per heavy atom. The number of hydrogen-bond acceptors (Lipinski definition) is 4. The third-order valence-corrected chi connectivity index (χ3v) is 3.42. The van der Waals surface area contributed by atoms with E-state index in [9.17, 15) is 4.39 Å². The first-order valence-electron chi connectivity index (χ1n) is 7.08. The minimum Gasteiger partial charge on any atom is -0.380 e. The van der Waals surface area contributed by atoms with Crippen LogP contribution in [0.2, 0.25) is 0 Å². The number of hydrogen-bond donors (Lipinski definition) is 1. The molecule has 2 aromatic carbocycles. The van der Waals surface area contributed by atoms with Crippen LogP contribution >= 0.6 is 0 Å². The number of aromatic nitrogens is 3. The maximum Gasteiger partial charge on any atom is 0.137 e. The Kier molecular flexibility index (Phi) is 4.29. The molecule has 6 heteroatoms. The second-order valence-electron chi connectivity index (χ2n) is 5.06. The minimum absolute atomic E-state index is 0.299. The summed E-state index contributed by atoms with van der Waals surface area (Å²) >= 11 is 0. The Morgan fingerprint density at radius 2 is 1.91 bits per heavy atom. The largest absolute Gasteiger partial charge is 0.380 e. The van der Waals surface area contributed by atoms with Gasteiger partial charge < -0.3 is 5.32 Å². The van der Waals surface area contributed by atoms with Crippen LogP contribution in [0.5, 0.6) is 0 Å². The van der Waals surface area contributed by atoms with Gasteiger partial charge in [0.05, 0.1) is 17.8 Å². The second-order valence-corrected chi connectivity index (χ2v) is 5.06. The van der Waals surface area contributed by atoms with Crippen LogP contribution in [-0.4, -0.2) is 14.8 Å². The van der Waals surface area contributed by atoms with E-state index in [4.69, 9.17) is 5.26 Å². The predicted molar refractivity (Wildman–Crippen MR) is 84.0 cm³/mol. The minimum atomic E-state index is -0.412. The molecule has 0 aliphatic rings. The van der Waals surface area contributed by atoms with Gasteiger partial charge in [-0.25, -0.2) is 14.1 Å². The lowest BCUT2D eigenvalue weighted by atomic mass is 10.1. The SMILES string of the molecule is N#Cc1cc(F)ccc1NCc1ccc(Cn2cncn2)cc1. The van der Waals surface area contributed by atoms with Gasteiger partial charge >= 0.3 is 0 Å². The molecule has 0 bridgehead atoms. The number of nitrogens with zero attached hydrogens (tertiary/aromatic N) is 4. The van der Waals surface area contributed by atoms with Crippen LogP contribution in [0.1, 0.15) is 16.7 Å². The molecule has 0 radical (unpaired) electrons. The van der Waals surface area contributed by atoms with Gasteiger partial charge in [0.1, 0.15) is 24.5 Å². The van der Waals surface area contributed by atoms with Gasteiger partial charge in [-0.2, -0.15) is 10.4 Å². The van der Waals surface area contributed by atoms with Crippen molar-refractivity contribution in [3.8, 4) is 6.07 Å². The maximum atomic E-state index is 13.1. The van der Waals surface area contributed by atoms with Crippen molar-refractivity contribution in [2.75, 3.05) is 5.32 Å². The lowest BCUT2D eigenvalue weighted by Crippen LogP contribution is -2.03. The fraction of sp³-hybridized carbons (Fsp3) is 0.118. The van der Waals surface area contributed by atoms with Crippen molar-refractivity contribution in [3.63, 3.8) is 0 Å². The summed E-state index contributed by atoms with van der Waals surface area (Å²) in [4.78, 5) is 3.91. The Bertz CT molecular complexity index is 819. The standard InChI is InChI=1S/C17H14FN5/c18-16-5-6-17(15(7-16)8-19)21-9-13-1-3-14(4-2-13)10-23-12-20-11-22-23/h1-7,11-12,21H,9-10H2. The molecule has 1 N–H and O–H groups in total. The van der Waals surface area contributed by atoms with Crippen molar-refractivity contribution >= 4 is 5.69 Å². The predicted octanol–water partition coefficient (Wildman–Crippen LogP) is 2.95. The summed E-state index contributed by atoms with van der Waals surface area (Å²) in [6.07, 6.45) is 3.18. The second kappa shape index (κ2) is 6.71. The van der Waals surface area contributed by atoms with Gasteiger partial charge in [-0.1, -0.05) is 24.3 Å². The number of benzene rings is 2. The molecule has 0 aliphatic heterocycles. The average molecular weight is 307 g/mol. The quantitative estimate of drug-likeness (QED) is 0.787. The first kappa shape index (κ1) is 14.7. The number of anilines is 1. The molecule has 3 aromatic rings. The Labute approximate surface area is 133 Å². The summed E-state index contributed by atoms with van der Waals surface area (Å²) < 4.78 is 14.9. The van der Waals surface area contributed by atoms with E-state index in [-0.39, 0.29) is 0 Å². The van der Waals surface area contributed by atoms with Gasteiger partial charge in [-0.15, -0.1) is 0 Å². The van der Waals surface area contributed by atoms with E-state index in [0.29, 0.717) is 24.3 Å². The molecule has 23 heavy (non-hydrogen) atoms. The highest BCUT2D eigenvalue weighted by atomic mass is 19.1. The van der Waals surface area contributed by atoms with Crippen LogP contribution in [0.15, 0.2) is 55.1 Å². The highest BCUT2D eigenvalue weighted by molar-refractivity contribution is 5.57. The lowest BCUT2D eigenvalue weighted by molar-refractivity contribution is 0.627. The Morgan fingerprint density at radius 1 is 1.13 bits per heavy atom. The number of halogens is 1. The van der Waals surface area contributed by atoms with Gasteiger partial charge in [0.2, 0.25) is 0 Å². The molecule has 3 rings (SSSR count). The molecule has 0 saturated heterocycles. The van der Waals surface area contributed by atoms with Gasteiger partial charge in [-0.3, -0.25) is 0 Å². The van der Waals surface area contributed by atoms with Crippen molar-refractivity contribution in [2.24, 2.45) is 0 Å². The summed E-state index contributed by atoms with van der Waals surface area (Å²) in [5.41, 5.74) is 3.12. The smallest absolute Gasteiger partial charge is 0.137 e. The molecule has 0 unspecified atom stereocenters. The van der Waals surface area contributed by atoms with E-state index in [2.05, 4.69) is 15.4 Å². The third-order valence-electron chi connectivity index (χ3n) is 3.42. The summed E-state index contributed by atoms with van der Waals surface area (Å²) in [5.74, 6) is -0.412. The van der Waals surface area contributed by atoms with E-state index < -0.39 is 5.82 Å². The van der Waals surface area contributed by atoms with Crippen molar-refractivity contribution in [3.05, 3.63) is 77.6 Å². The normalized spacial score (nSPS) is 10.3. The molecular formula is C17H14FN5. The highest BCUT2D eigenvalue weighted by Crippen LogP contribution is 2.17.